The summed E-state index contributed by atoms with van der Waals surface area (Å²) in [6.07, 6.45) is 1.11. The zero-order valence-electron chi connectivity index (χ0n) is 11.6. The van der Waals surface area contributed by atoms with Crippen LogP contribution in [-0.4, -0.2) is 17.3 Å². The van der Waals surface area contributed by atoms with Gasteiger partial charge in [-0.3, -0.25) is 4.79 Å². The van der Waals surface area contributed by atoms with Gasteiger partial charge in [-0.05, 0) is 23.6 Å². The minimum Gasteiger partial charge on any atom is -0.352 e. The largest absolute Gasteiger partial charge is 0.352 e. The van der Waals surface area contributed by atoms with Crippen molar-refractivity contribution in [2.45, 2.75) is 18.9 Å². The Balaban J connectivity index is 1.92. The second kappa shape index (κ2) is 8.20. The summed E-state index contributed by atoms with van der Waals surface area (Å²) in [6.45, 7) is 0. The number of rotatable bonds is 6. The molecule has 0 aliphatic rings. The maximum Gasteiger partial charge on any atom is 0.224 e. The number of nitrogens with one attached hydrogen (secondary N) is 1. The van der Waals surface area contributed by atoms with E-state index in [-0.39, 0.29) is 11.9 Å². The van der Waals surface area contributed by atoms with Gasteiger partial charge in [0.1, 0.15) is 0 Å². The smallest absolute Gasteiger partial charge is 0.224 e. The molecule has 4 heteroatoms. The van der Waals surface area contributed by atoms with Gasteiger partial charge in [0.15, 0.2) is 0 Å². The zero-order valence-corrected chi connectivity index (χ0v) is 13.9. The van der Waals surface area contributed by atoms with Gasteiger partial charge < -0.3 is 5.32 Å². The molecule has 21 heavy (non-hydrogen) atoms. The highest BCUT2D eigenvalue weighted by Gasteiger charge is 2.13. The highest BCUT2D eigenvalue weighted by Crippen LogP contribution is 2.15. The first-order chi connectivity index (χ1) is 10.2. The summed E-state index contributed by atoms with van der Waals surface area (Å²) in [6, 6.07) is 17.6. The lowest BCUT2D eigenvalue weighted by molar-refractivity contribution is -0.121. The number of carbonyl (C=O) groups is 1. The van der Waals surface area contributed by atoms with Gasteiger partial charge in [0.25, 0.3) is 0 Å². The molecule has 0 aliphatic heterocycles. The average molecular weight is 367 g/mol. The van der Waals surface area contributed by atoms with Crippen molar-refractivity contribution in [2.75, 3.05) is 5.33 Å². The molecule has 1 N–H and O–H groups in total. The molecule has 0 fully saturated rings. The highest BCUT2D eigenvalue weighted by atomic mass is 79.9. The maximum absolute atomic E-state index is 12.1. The van der Waals surface area contributed by atoms with E-state index >= 15 is 0 Å². The lowest BCUT2D eigenvalue weighted by Gasteiger charge is -2.16. The fraction of sp³-hybridized carbons (Fsp3) is 0.235. The van der Waals surface area contributed by atoms with Gasteiger partial charge in [-0.2, -0.15) is 0 Å². The monoisotopic (exact) mass is 365 g/mol. The molecule has 2 rings (SSSR count). The van der Waals surface area contributed by atoms with Crippen molar-refractivity contribution in [3.05, 3.63) is 70.7 Å². The third-order valence-corrected chi connectivity index (χ3v) is 4.34. The molecule has 1 amide bonds. The minimum absolute atomic E-state index is 0.0107. The molecule has 0 aromatic heterocycles. The fourth-order valence-corrected chi connectivity index (χ4v) is 2.73. The zero-order chi connectivity index (χ0) is 15.1. The molecule has 110 valence electrons. The summed E-state index contributed by atoms with van der Waals surface area (Å²) in [5.74, 6) is -0.0107. The summed E-state index contributed by atoms with van der Waals surface area (Å²) in [5.41, 5.74) is 2.06. The lowest BCUT2D eigenvalue weighted by Crippen LogP contribution is -2.38. The van der Waals surface area contributed by atoms with E-state index in [0.29, 0.717) is 11.4 Å². The Morgan fingerprint density at radius 2 is 1.76 bits per heavy atom. The van der Waals surface area contributed by atoms with Crippen LogP contribution in [0.5, 0.6) is 0 Å². The Labute approximate surface area is 138 Å². The number of amides is 1. The minimum atomic E-state index is -0.0107. The van der Waals surface area contributed by atoms with Crippen LogP contribution in [0.4, 0.5) is 0 Å². The fourth-order valence-electron chi connectivity index (χ4n) is 2.14. The average Bonchev–Trinajstić information content (AvgIpc) is 2.50. The van der Waals surface area contributed by atoms with Crippen LogP contribution in [-0.2, 0) is 17.6 Å². The van der Waals surface area contributed by atoms with E-state index in [2.05, 4.69) is 33.4 Å². The topological polar surface area (TPSA) is 29.1 Å². The molecular formula is C17H17BrClNO. The van der Waals surface area contributed by atoms with E-state index < -0.39 is 0 Å². The van der Waals surface area contributed by atoms with Crippen LogP contribution in [0, 0.1) is 0 Å². The predicted molar refractivity (Wildman–Crippen MR) is 91.0 cm³/mol. The van der Waals surface area contributed by atoms with E-state index in [9.17, 15) is 4.79 Å². The van der Waals surface area contributed by atoms with Gasteiger partial charge in [0, 0.05) is 16.4 Å². The van der Waals surface area contributed by atoms with E-state index in [4.69, 9.17) is 11.6 Å². The second-order valence-electron chi connectivity index (χ2n) is 4.88. The number of hydrogen-bond acceptors (Lipinski definition) is 1. The molecule has 1 unspecified atom stereocenters. The Kier molecular flexibility index (Phi) is 6.27. The van der Waals surface area contributed by atoms with Crippen molar-refractivity contribution in [2.24, 2.45) is 0 Å². The van der Waals surface area contributed by atoms with Crippen molar-refractivity contribution >= 4 is 33.4 Å². The molecule has 2 aromatic rings. The van der Waals surface area contributed by atoms with Crippen LogP contribution in [0.1, 0.15) is 11.1 Å². The lowest BCUT2D eigenvalue weighted by atomic mass is 10.1. The van der Waals surface area contributed by atoms with Gasteiger partial charge in [-0.25, -0.2) is 0 Å². The van der Waals surface area contributed by atoms with Crippen LogP contribution in [0.15, 0.2) is 54.6 Å². The van der Waals surface area contributed by atoms with Crippen LogP contribution in [0.3, 0.4) is 0 Å². The summed E-state index contributed by atoms with van der Waals surface area (Å²) in [4.78, 5) is 12.1. The van der Waals surface area contributed by atoms with Gasteiger partial charge in [0.05, 0.1) is 6.42 Å². The van der Waals surface area contributed by atoms with Gasteiger partial charge >= 0.3 is 0 Å². The Morgan fingerprint density at radius 3 is 2.43 bits per heavy atom. The number of carbonyl (C=O) groups excluding carboxylic acids is 1. The molecule has 0 aliphatic carbocycles. The molecule has 2 nitrogen and oxygen atoms in total. The van der Waals surface area contributed by atoms with E-state index in [1.165, 1.54) is 5.56 Å². The summed E-state index contributed by atoms with van der Waals surface area (Å²) in [7, 11) is 0. The standard InChI is InChI=1S/C17H17BrClNO/c18-12-15(10-13-6-2-1-3-7-13)20-17(21)11-14-8-4-5-9-16(14)19/h1-9,15H,10-12H2,(H,20,21). The molecule has 0 spiro atoms. The van der Waals surface area contributed by atoms with Crippen molar-refractivity contribution in [3.63, 3.8) is 0 Å². The Bertz CT molecular complexity index is 588. The van der Waals surface area contributed by atoms with Crippen LogP contribution in [0.25, 0.3) is 0 Å². The molecule has 0 radical (unpaired) electrons. The number of benzene rings is 2. The van der Waals surface area contributed by atoms with E-state index in [1.54, 1.807) is 6.07 Å². The van der Waals surface area contributed by atoms with Crippen molar-refractivity contribution in [1.29, 1.82) is 0 Å². The maximum atomic E-state index is 12.1. The van der Waals surface area contributed by atoms with Crippen LogP contribution >= 0.6 is 27.5 Å². The first kappa shape index (κ1) is 16.1. The van der Waals surface area contributed by atoms with Gasteiger partial charge in [0.2, 0.25) is 5.91 Å². The quantitative estimate of drug-likeness (QED) is 0.769. The Hall–Kier alpha value is -1.32. The highest BCUT2D eigenvalue weighted by molar-refractivity contribution is 9.09. The molecule has 0 bridgehead atoms. The third kappa shape index (κ3) is 5.18. The first-order valence-corrected chi connectivity index (χ1v) is 8.31. The summed E-state index contributed by atoms with van der Waals surface area (Å²) >= 11 is 9.54. The Morgan fingerprint density at radius 1 is 1.10 bits per heavy atom. The van der Waals surface area contributed by atoms with E-state index in [1.807, 2.05) is 36.4 Å². The normalized spacial score (nSPS) is 11.9. The van der Waals surface area contributed by atoms with Crippen molar-refractivity contribution in [1.82, 2.24) is 5.32 Å². The summed E-state index contributed by atoms with van der Waals surface area (Å²) < 4.78 is 0. The van der Waals surface area contributed by atoms with Crippen molar-refractivity contribution in [3.8, 4) is 0 Å². The molecule has 0 heterocycles. The number of halogens is 2. The SMILES string of the molecule is O=C(Cc1ccccc1Cl)NC(CBr)Cc1ccccc1. The van der Waals surface area contributed by atoms with E-state index in [0.717, 1.165) is 17.3 Å². The van der Waals surface area contributed by atoms with Crippen molar-refractivity contribution < 1.29 is 4.79 Å². The molecule has 0 saturated carbocycles. The van der Waals surface area contributed by atoms with Crippen LogP contribution in [0.2, 0.25) is 5.02 Å². The molecule has 2 aromatic carbocycles. The van der Waals surface area contributed by atoms with Gasteiger partial charge in [-0.1, -0.05) is 76.1 Å². The second-order valence-corrected chi connectivity index (χ2v) is 5.93. The predicted octanol–water partition coefficient (Wildman–Crippen LogP) is 4.00. The summed E-state index contributed by atoms with van der Waals surface area (Å²) in [5, 5.41) is 4.40. The molecular weight excluding hydrogens is 350 g/mol. The third-order valence-electron chi connectivity index (χ3n) is 3.19. The van der Waals surface area contributed by atoms with Crippen LogP contribution < -0.4 is 5.32 Å². The van der Waals surface area contributed by atoms with Gasteiger partial charge in [-0.15, -0.1) is 0 Å². The molecule has 1 atom stereocenters. The number of hydrogen-bond donors (Lipinski definition) is 1. The molecule has 0 saturated heterocycles. The number of alkyl halides is 1. The first-order valence-electron chi connectivity index (χ1n) is 6.81.